The SMILES string of the molecule is Fc1ccccc1CN1CCC[C@H]1c1nc(-c2ccc(-n3ccnc3)nc2)no1. The van der Waals surface area contributed by atoms with Crippen LogP contribution in [0.25, 0.3) is 17.2 Å². The van der Waals surface area contributed by atoms with Gasteiger partial charge in [-0.25, -0.2) is 14.4 Å². The third-order valence-corrected chi connectivity index (χ3v) is 5.20. The number of aromatic nitrogens is 5. The van der Waals surface area contributed by atoms with Crippen LogP contribution in [0, 0.1) is 5.82 Å². The van der Waals surface area contributed by atoms with Crippen molar-refractivity contribution in [1.29, 1.82) is 0 Å². The van der Waals surface area contributed by atoms with Crippen molar-refractivity contribution in [2.75, 3.05) is 6.54 Å². The number of rotatable bonds is 5. The summed E-state index contributed by atoms with van der Waals surface area (Å²) in [6.45, 7) is 1.40. The molecule has 3 aromatic heterocycles. The smallest absolute Gasteiger partial charge is 0.244 e. The van der Waals surface area contributed by atoms with E-state index in [1.165, 1.54) is 6.07 Å². The molecular weight excluding hydrogens is 371 g/mol. The first-order chi connectivity index (χ1) is 14.3. The van der Waals surface area contributed by atoms with Gasteiger partial charge in [-0.1, -0.05) is 23.4 Å². The van der Waals surface area contributed by atoms with E-state index in [2.05, 4.69) is 25.0 Å². The van der Waals surface area contributed by atoms with Crippen LogP contribution in [-0.2, 0) is 6.54 Å². The number of benzene rings is 1. The van der Waals surface area contributed by atoms with E-state index in [9.17, 15) is 4.39 Å². The van der Waals surface area contributed by atoms with Gasteiger partial charge in [0.25, 0.3) is 0 Å². The molecule has 5 rings (SSSR count). The van der Waals surface area contributed by atoms with E-state index in [1.807, 2.05) is 35.0 Å². The second-order valence-corrected chi connectivity index (χ2v) is 7.05. The van der Waals surface area contributed by atoms with Crippen LogP contribution in [0.2, 0.25) is 0 Å². The lowest BCUT2D eigenvalue weighted by Crippen LogP contribution is -2.23. The Labute approximate surface area is 166 Å². The van der Waals surface area contributed by atoms with E-state index in [1.54, 1.807) is 24.8 Å². The summed E-state index contributed by atoms with van der Waals surface area (Å²) in [5.74, 6) is 1.64. The molecule has 1 aliphatic heterocycles. The second kappa shape index (κ2) is 7.56. The number of hydrogen-bond acceptors (Lipinski definition) is 6. The predicted octanol–water partition coefficient (Wildman–Crippen LogP) is 3.79. The minimum Gasteiger partial charge on any atom is -0.337 e. The fraction of sp³-hybridized carbons (Fsp3) is 0.238. The Bertz CT molecular complexity index is 1090. The molecule has 1 saturated heterocycles. The van der Waals surface area contributed by atoms with Crippen molar-refractivity contribution in [3.05, 3.63) is 78.6 Å². The lowest BCUT2D eigenvalue weighted by Gasteiger charge is -2.21. The summed E-state index contributed by atoms with van der Waals surface area (Å²) in [6.07, 6.45) is 8.87. The monoisotopic (exact) mass is 390 g/mol. The van der Waals surface area contributed by atoms with E-state index in [4.69, 9.17) is 4.52 Å². The normalized spacial score (nSPS) is 17.1. The van der Waals surface area contributed by atoms with E-state index in [0.717, 1.165) is 30.8 Å². The maximum Gasteiger partial charge on any atom is 0.244 e. The third-order valence-electron chi connectivity index (χ3n) is 5.20. The molecule has 8 heteroatoms. The Morgan fingerprint density at radius 3 is 2.90 bits per heavy atom. The molecule has 0 radical (unpaired) electrons. The highest BCUT2D eigenvalue weighted by molar-refractivity contribution is 5.53. The number of hydrogen-bond donors (Lipinski definition) is 0. The molecule has 29 heavy (non-hydrogen) atoms. The standard InChI is InChI=1S/C21H19FN6O/c22-17-5-2-1-4-16(17)13-27-10-3-6-18(27)21-25-20(26-29-21)15-7-8-19(24-12-15)28-11-9-23-14-28/h1-2,4-5,7-9,11-12,14,18H,3,6,10,13H2/t18-/m0/s1. The van der Waals surface area contributed by atoms with Crippen LogP contribution in [0.1, 0.15) is 30.3 Å². The van der Waals surface area contributed by atoms with Crippen LogP contribution in [0.5, 0.6) is 0 Å². The molecule has 7 nitrogen and oxygen atoms in total. The van der Waals surface area contributed by atoms with Gasteiger partial charge in [0.05, 0.1) is 6.04 Å². The van der Waals surface area contributed by atoms with Gasteiger partial charge in [-0.15, -0.1) is 0 Å². The number of pyridine rings is 1. The van der Waals surface area contributed by atoms with Crippen molar-refractivity contribution in [2.24, 2.45) is 0 Å². The maximum absolute atomic E-state index is 14.0. The van der Waals surface area contributed by atoms with Gasteiger partial charge in [-0.3, -0.25) is 9.47 Å². The van der Waals surface area contributed by atoms with Crippen LogP contribution in [-0.4, -0.2) is 36.1 Å². The molecule has 0 aliphatic carbocycles. The first-order valence-corrected chi connectivity index (χ1v) is 9.54. The van der Waals surface area contributed by atoms with Crippen LogP contribution < -0.4 is 0 Å². The van der Waals surface area contributed by atoms with E-state index in [-0.39, 0.29) is 11.9 Å². The van der Waals surface area contributed by atoms with Gasteiger partial charge in [-0.05, 0) is 37.6 Å². The highest BCUT2D eigenvalue weighted by atomic mass is 19.1. The zero-order valence-corrected chi connectivity index (χ0v) is 15.6. The summed E-state index contributed by atoms with van der Waals surface area (Å²) in [5.41, 5.74) is 1.46. The van der Waals surface area contributed by atoms with Gasteiger partial charge in [0.15, 0.2) is 0 Å². The molecule has 146 valence electrons. The molecule has 0 spiro atoms. The lowest BCUT2D eigenvalue weighted by atomic mass is 10.1. The quantitative estimate of drug-likeness (QED) is 0.516. The highest BCUT2D eigenvalue weighted by Gasteiger charge is 2.31. The average molecular weight is 390 g/mol. The Kier molecular flexibility index (Phi) is 4.61. The summed E-state index contributed by atoms with van der Waals surface area (Å²) >= 11 is 0. The third kappa shape index (κ3) is 3.54. The van der Waals surface area contributed by atoms with E-state index in [0.29, 0.717) is 23.8 Å². The second-order valence-electron chi connectivity index (χ2n) is 7.05. The van der Waals surface area contributed by atoms with Gasteiger partial charge in [0.1, 0.15) is 18.0 Å². The predicted molar refractivity (Wildman–Crippen MR) is 103 cm³/mol. The number of nitrogens with zero attached hydrogens (tertiary/aromatic N) is 6. The van der Waals surface area contributed by atoms with Gasteiger partial charge < -0.3 is 4.52 Å². The first kappa shape index (κ1) is 17.7. The van der Waals surface area contributed by atoms with Gasteiger partial charge in [-0.2, -0.15) is 4.98 Å². The van der Waals surface area contributed by atoms with Crippen molar-refractivity contribution in [1.82, 2.24) is 29.6 Å². The molecule has 0 bridgehead atoms. The summed E-state index contributed by atoms with van der Waals surface area (Å²) in [4.78, 5) is 15.2. The number of imidazole rings is 1. The fourth-order valence-corrected chi connectivity index (χ4v) is 3.69. The Morgan fingerprint density at radius 1 is 1.17 bits per heavy atom. The van der Waals surface area contributed by atoms with Crippen molar-refractivity contribution in [3.63, 3.8) is 0 Å². The maximum atomic E-state index is 14.0. The van der Waals surface area contributed by atoms with Crippen molar-refractivity contribution < 1.29 is 8.91 Å². The van der Waals surface area contributed by atoms with Crippen molar-refractivity contribution in [2.45, 2.75) is 25.4 Å². The Morgan fingerprint density at radius 2 is 2.10 bits per heavy atom. The molecule has 4 heterocycles. The Balaban J connectivity index is 1.34. The van der Waals surface area contributed by atoms with Crippen molar-refractivity contribution in [3.8, 4) is 17.2 Å². The molecule has 4 aromatic rings. The van der Waals surface area contributed by atoms with Crippen LogP contribution in [0.15, 0.2) is 65.8 Å². The molecule has 1 fully saturated rings. The number of halogens is 1. The molecule has 1 aliphatic rings. The Hall–Kier alpha value is -3.39. The van der Waals surface area contributed by atoms with E-state index < -0.39 is 0 Å². The average Bonchev–Trinajstić information content (AvgIpc) is 3.51. The van der Waals surface area contributed by atoms with Gasteiger partial charge in [0.2, 0.25) is 11.7 Å². The van der Waals surface area contributed by atoms with Crippen molar-refractivity contribution >= 4 is 0 Å². The topological polar surface area (TPSA) is 72.9 Å². The minimum absolute atomic E-state index is 0.00552. The summed E-state index contributed by atoms with van der Waals surface area (Å²) in [7, 11) is 0. The lowest BCUT2D eigenvalue weighted by molar-refractivity contribution is 0.199. The first-order valence-electron chi connectivity index (χ1n) is 9.54. The minimum atomic E-state index is -0.187. The van der Waals surface area contributed by atoms with Gasteiger partial charge in [0, 0.05) is 36.3 Å². The zero-order valence-electron chi connectivity index (χ0n) is 15.6. The summed E-state index contributed by atoms with van der Waals surface area (Å²) in [6, 6.07) is 10.7. The molecule has 0 unspecified atom stereocenters. The molecule has 0 saturated carbocycles. The highest BCUT2D eigenvalue weighted by Crippen LogP contribution is 2.33. The number of likely N-dealkylation sites (tertiary alicyclic amines) is 1. The largest absolute Gasteiger partial charge is 0.337 e. The summed E-state index contributed by atoms with van der Waals surface area (Å²) < 4.78 is 21.4. The van der Waals surface area contributed by atoms with Crippen LogP contribution in [0.3, 0.4) is 0 Å². The fourth-order valence-electron chi connectivity index (χ4n) is 3.69. The van der Waals surface area contributed by atoms with Gasteiger partial charge >= 0.3 is 0 Å². The zero-order chi connectivity index (χ0) is 19.6. The summed E-state index contributed by atoms with van der Waals surface area (Å²) in [5, 5.41) is 4.14. The van der Waals surface area contributed by atoms with E-state index >= 15 is 0 Å². The van der Waals surface area contributed by atoms with Crippen LogP contribution in [0.4, 0.5) is 4.39 Å². The molecule has 0 N–H and O–H groups in total. The molecule has 1 aromatic carbocycles. The van der Waals surface area contributed by atoms with Crippen LogP contribution >= 0.6 is 0 Å². The molecule has 0 amide bonds. The molecular formula is C21H19FN6O. The molecule has 1 atom stereocenters.